The van der Waals surface area contributed by atoms with Crippen LogP contribution in [0, 0.1) is 0 Å². The smallest absolute Gasteiger partial charge is 0.0491 e. The summed E-state index contributed by atoms with van der Waals surface area (Å²) >= 11 is 3.55. The van der Waals surface area contributed by atoms with Crippen molar-refractivity contribution in [2.24, 2.45) is 0 Å². The van der Waals surface area contributed by atoms with E-state index in [0.717, 1.165) is 23.6 Å². The highest BCUT2D eigenvalue weighted by Crippen LogP contribution is 2.21. The number of benzene rings is 1. The zero-order valence-electron chi connectivity index (χ0n) is 11.2. The molecule has 0 atom stereocenters. The summed E-state index contributed by atoms with van der Waals surface area (Å²) in [6, 6.07) is 9.47. The van der Waals surface area contributed by atoms with Crippen molar-refractivity contribution in [2.75, 3.05) is 6.54 Å². The van der Waals surface area contributed by atoms with Gasteiger partial charge in [0.15, 0.2) is 0 Å². The molecule has 102 valence electrons. The Hall–Kier alpha value is -0.800. The topological polar surface area (TPSA) is 17.0 Å². The molecule has 1 aliphatic rings. The number of nitrogens with zero attached hydrogens (tertiary/aromatic N) is 1. The third-order valence-corrected chi connectivity index (χ3v) is 4.59. The highest BCUT2D eigenvalue weighted by atomic mass is 79.9. The number of nitrogens with one attached hydrogen (secondary N) is 1. The number of rotatable bonds is 5. The molecule has 1 aliphatic carbocycles. The van der Waals surface area contributed by atoms with Gasteiger partial charge in [-0.2, -0.15) is 0 Å². The average Bonchev–Trinajstić information content (AvgIpc) is 3.04. The second-order valence-electron chi connectivity index (χ2n) is 5.50. The van der Waals surface area contributed by atoms with Gasteiger partial charge in [0.1, 0.15) is 0 Å². The van der Waals surface area contributed by atoms with E-state index in [4.69, 9.17) is 0 Å². The van der Waals surface area contributed by atoms with Crippen LogP contribution < -0.4 is 5.32 Å². The Morgan fingerprint density at radius 2 is 2.05 bits per heavy atom. The van der Waals surface area contributed by atoms with Gasteiger partial charge in [-0.25, -0.2) is 0 Å². The first-order valence-corrected chi connectivity index (χ1v) is 8.10. The standard InChI is InChI=1S/C16H21BrN2/c17-14-7-6-13-8-11-19(16(13)12-14)10-3-9-18-15-4-1-2-5-15/h6-8,11-12,15,18H,1-5,9-10H2. The monoisotopic (exact) mass is 320 g/mol. The highest BCUT2D eigenvalue weighted by Gasteiger charge is 2.13. The van der Waals surface area contributed by atoms with Crippen molar-refractivity contribution < 1.29 is 0 Å². The van der Waals surface area contributed by atoms with Crippen LogP contribution in [0.1, 0.15) is 32.1 Å². The van der Waals surface area contributed by atoms with Crippen molar-refractivity contribution in [2.45, 2.75) is 44.7 Å². The van der Waals surface area contributed by atoms with E-state index in [0.29, 0.717) is 0 Å². The Bertz CT molecular complexity index is 541. The van der Waals surface area contributed by atoms with Crippen molar-refractivity contribution in [1.82, 2.24) is 9.88 Å². The lowest BCUT2D eigenvalue weighted by Crippen LogP contribution is -2.27. The summed E-state index contributed by atoms with van der Waals surface area (Å²) in [6.45, 7) is 2.23. The van der Waals surface area contributed by atoms with Crippen molar-refractivity contribution in [3.63, 3.8) is 0 Å². The Kier molecular flexibility index (Phi) is 4.24. The molecule has 1 fully saturated rings. The number of aryl methyl sites for hydroxylation is 1. The van der Waals surface area contributed by atoms with Gasteiger partial charge in [-0.15, -0.1) is 0 Å². The summed E-state index contributed by atoms with van der Waals surface area (Å²) in [4.78, 5) is 0. The Morgan fingerprint density at radius 1 is 1.21 bits per heavy atom. The van der Waals surface area contributed by atoms with Gasteiger partial charge in [0.05, 0.1) is 0 Å². The maximum absolute atomic E-state index is 3.68. The number of hydrogen-bond acceptors (Lipinski definition) is 1. The van der Waals surface area contributed by atoms with Gasteiger partial charge in [0.25, 0.3) is 0 Å². The molecular weight excluding hydrogens is 300 g/mol. The van der Waals surface area contributed by atoms with Crippen molar-refractivity contribution >= 4 is 26.8 Å². The highest BCUT2D eigenvalue weighted by molar-refractivity contribution is 9.10. The first kappa shape index (κ1) is 13.2. The summed E-state index contributed by atoms with van der Waals surface area (Å²) in [5.74, 6) is 0. The average molecular weight is 321 g/mol. The van der Waals surface area contributed by atoms with E-state index in [9.17, 15) is 0 Å². The van der Waals surface area contributed by atoms with E-state index in [2.05, 4.69) is 56.3 Å². The summed E-state index contributed by atoms with van der Waals surface area (Å²) in [7, 11) is 0. The molecule has 0 aliphatic heterocycles. The molecule has 2 nitrogen and oxygen atoms in total. The maximum Gasteiger partial charge on any atom is 0.0491 e. The molecule has 0 spiro atoms. The van der Waals surface area contributed by atoms with Gasteiger partial charge in [-0.1, -0.05) is 34.8 Å². The fourth-order valence-electron chi connectivity index (χ4n) is 3.04. The molecule has 0 radical (unpaired) electrons. The van der Waals surface area contributed by atoms with E-state index in [-0.39, 0.29) is 0 Å². The van der Waals surface area contributed by atoms with Gasteiger partial charge in [-0.3, -0.25) is 0 Å². The normalized spacial score (nSPS) is 16.5. The molecule has 2 aromatic rings. The van der Waals surface area contributed by atoms with E-state index in [1.807, 2.05) is 0 Å². The fourth-order valence-corrected chi connectivity index (χ4v) is 3.39. The first-order chi connectivity index (χ1) is 9.33. The minimum absolute atomic E-state index is 0.788. The maximum atomic E-state index is 3.68. The van der Waals surface area contributed by atoms with Gasteiger partial charge >= 0.3 is 0 Å². The molecule has 3 heteroatoms. The predicted molar refractivity (Wildman–Crippen MR) is 84.5 cm³/mol. The number of fused-ring (bicyclic) bond motifs is 1. The number of halogens is 1. The lowest BCUT2D eigenvalue weighted by molar-refractivity contribution is 0.498. The predicted octanol–water partition coefficient (Wildman–Crippen LogP) is 4.33. The van der Waals surface area contributed by atoms with Crippen LogP contribution in [0.25, 0.3) is 10.9 Å². The molecule has 1 aromatic heterocycles. The largest absolute Gasteiger partial charge is 0.347 e. The van der Waals surface area contributed by atoms with Crippen LogP contribution >= 0.6 is 15.9 Å². The van der Waals surface area contributed by atoms with Gasteiger partial charge in [0.2, 0.25) is 0 Å². The first-order valence-electron chi connectivity index (χ1n) is 7.31. The SMILES string of the molecule is Brc1ccc2ccn(CCCNC3CCCC3)c2c1. The van der Waals surface area contributed by atoms with Gasteiger partial charge < -0.3 is 9.88 Å². The molecule has 19 heavy (non-hydrogen) atoms. The van der Waals surface area contributed by atoms with Crippen LogP contribution in [0.2, 0.25) is 0 Å². The molecule has 1 aromatic carbocycles. The summed E-state index contributed by atoms with van der Waals surface area (Å²) in [5, 5.41) is 5.01. The van der Waals surface area contributed by atoms with Crippen molar-refractivity contribution in [1.29, 1.82) is 0 Å². The Balaban J connectivity index is 1.54. The third kappa shape index (κ3) is 3.21. The molecule has 1 saturated carbocycles. The summed E-state index contributed by atoms with van der Waals surface area (Å²) in [5.41, 5.74) is 1.33. The fraction of sp³-hybridized carbons (Fsp3) is 0.500. The van der Waals surface area contributed by atoms with E-state index in [1.165, 1.54) is 43.0 Å². The van der Waals surface area contributed by atoms with Crippen molar-refractivity contribution in [3.8, 4) is 0 Å². The number of aromatic nitrogens is 1. The van der Waals surface area contributed by atoms with E-state index < -0.39 is 0 Å². The quantitative estimate of drug-likeness (QED) is 0.811. The third-order valence-electron chi connectivity index (χ3n) is 4.10. The summed E-state index contributed by atoms with van der Waals surface area (Å²) < 4.78 is 3.51. The van der Waals surface area contributed by atoms with Crippen LogP contribution in [-0.4, -0.2) is 17.2 Å². The molecule has 0 bridgehead atoms. The van der Waals surface area contributed by atoms with Crippen LogP contribution in [-0.2, 0) is 6.54 Å². The van der Waals surface area contributed by atoms with E-state index >= 15 is 0 Å². The van der Waals surface area contributed by atoms with Gasteiger partial charge in [0, 0.05) is 28.8 Å². The Labute approximate surface area is 123 Å². The second-order valence-corrected chi connectivity index (χ2v) is 6.42. The second kappa shape index (κ2) is 6.10. The minimum Gasteiger partial charge on any atom is -0.347 e. The lowest BCUT2D eigenvalue weighted by atomic mass is 10.2. The molecule has 0 saturated heterocycles. The lowest BCUT2D eigenvalue weighted by Gasteiger charge is -2.12. The molecule has 1 N–H and O–H groups in total. The minimum atomic E-state index is 0.788. The molecule has 0 amide bonds. The summed E-state index contributed by atoms with van der Waals surface area (Å²) in [6.07, 6.45) is 8.97. The molecule has 3 rings (SSSR count). The van der Waals surface area contributed by atoms with Crippen LogP contribution in [0.3, 0.4) is 0 Å². The molecular formula is C16H21BrN2. The van der Waals surface area contributed by atoms with Gasteiger partial charge in [-0.05, 0) is 49.4 Å². The van der Waals surface area contributed by atoms with E-state index in [1.54, 1.807) is 0 Å². The zero-order chi connectivity index (χ0) is 13.1. The number of hydrogen-bond donors (Lipinski definition) is 1. The molecule has 1 heterocycles. The van der Waals surface area contributed by atoms with Crippen LogP contribution in [0.5, 0.6) is 0 Å². The Morgan fingerprint density at radius 3 is 2.89 bits per heavy atom. The van der Waals surface area contributed by atoms with Crippen LogP contribution in [0.15, 0.2) is 34.9 Å². The van der Waals surface area contributed by atoms with Crippen molar-refractivity contribution in [3.05, 3.63) is 34.9 Å². The molecule has 0 unspecified atom stereocenters. The zero-order valence-corrected chi connectivity index (χ0v) is 12.8. The van der Waals surface area contributed by atoms with Crippen LogP contribution in [0.4, 0.5) is 0 Å².